The summed E-state index contributed by atoms with van der Waals surface area (Å²) < 4.78 is 9.83. The molecular weight excluding hydrogens is 340 g/mol. The molecule has 144 valence electrons. The zero-order valence-corrected chi connectivity index (χ0v) is 15.7. The third kappa shape index (κ3) is 6.03. The minimum absolute atomic E-state index is 0.171. The van der Waals surface area contributed by atoms with Crippen LogP contribution in [-0.2, 0) is 14.3 Å². The second-order valence-electron chi connectivity index (χ2n) is 6.64. The van der Waals surface area contributed by atoms with E-state index in [1.165, 1.54) is 0 Å². The minimum Gasteiger partial charge on any atom is -0.467 e. The second-order valence-corrected chi connectivity index (χ2v) is 6.64. The van der Waals surface area contributed by atoms with E-state index in [0.717, 1.165) is 7.11 Å². The Morgan fingerprint density at radius 3 is 2.23 bits per heavy atom. The van der Waals surface area contributed by atoms with Crippen LogP contribution in [0.25, 0.3) is 0 Å². The minimum atomic E-state index is -1.27. The van der Waals surface area contributed by atoms with Crippen LogP contribution in [0.1, 0.15) is 44.5 Å². The Kier molecular flexibility index (Phi) is 7.57. The molecule has 1 aromatic carbocycles. The first kappa shape index (κ1) is 21.4. The standard InChI is InChI=1S/C18H26N2O6/c1-6-13(20(24)17(23)26-18(2,3)4)14(16(22)25-5)19-15(21)12-10-8-7-9-11-12/h7-11,13-14,24H,6H2,1-5H3,(H,19,21)/t13-,14-/m1/s1. The van der Waals surface area contributed by atoms with E-state index in [0.29, 0.717) is 10.6 Å². The van der Waals surface area contributed by atoms with Gasteiger partial charge >= 0.3 is 12.1 Å². The molecule has 0 fully saturated rings. The summed E-state index contributed by atoms with van der Waals surface area (Å²) in [5.74, 6) is -1.32. The SMILES string of the molecule is CC[C@H]([C@@H](NC(=O)c1ccccc1)C(=O)OC)N(O)C(=O)OC(C)(C)C. The molecule has 2 N–H and O–H groups in total. The van der Waals surface area contributed by atoms with Crippen molar-refractivity contribution in [1.82, 2.24) is 10.4 Å². The van der Waals surface area contributed by atoms with Crippen molar-refractivity contribution in [2.75, 3.05) is 7.11 Å². The van der Waals surface area contributed by atoms with Crippen molar-refractivity contribution in [2.45, 2.75) is 51.8 Å². The number of ether oxygens (including phenoxy) is 2. The molecule has 0 saturated carbocycles. The average Bonchev–Trinajstić information content (AvgIpc) is 2.59. The fourth-order valence-corrected chi connectivity index (χ4v) is 2.25. The highest BCUT2D eigenvalue weighted by Crippen LogP contribution is 2.15. The van der Waals surface area contributed by atoms with Crippen LogP contribution in [0, 0.1) is 0 Å². The van der Waals surface area contributed by atoms with Crippen molar-refractivity contribution in [3.63, 3.8) is 0 Å². The van der Waals surface area contributed by atoms with Crippen LogP contribution in [0.3, 0.4) is 0 Å². The summed E-state index contributed by atoms with van der Waals surface area (Å²) in [6.45, 7) is 6.60. The number of nitrogens with zero attached hydrogens (tertiary/aromatic N) is 1. The summed E-state index contributed by atoms with van der Waals surface area (Å²) in [5.41, 5.74) is -0.497. The van der Waals surface area contributed by atoms with Crippen molar-refractivity contribution < 1.29 is 29.1 Å². The van der Waals surface area contributed by atoms with E-state index in [4.69, 9.17) is 9.47 Å². The van der Waals surface area contributed by atoms with Gasteiger partial charge in [0.1, 0.15) is 5.60 Å². The molecule has 1 rings (SSSR count). The highest BCUT2D eigenvalue weighted by Gasteiger charge is 2.37. The van der Waals surface area contributed by atoms with E-state index in [1.54, 1.807) is 58.0 Å². The number of hydroxylamine groups is 2. The van der Waals surface area contributed by atoms with Gasteiger partial charge in [-0.1, -0.05) is 25.1 Å². The van der Waals surface area contributed by atoms with Gasteiger partial charge < -0.3 is 14.8 Å². The molecule has 0 spiro atoms. The lowest BCUT2D eigenvalue weighted by Crippen LogP contribution is -2.57. The summed E-state index contributed by atoms with van der Waals surface area (Å²) in [6.07, 6.45) is -0.850. The number of carbonyl (C=O) groups excluding carboxylic acids is 3. The Bertz CT molecular complexity index is 626. The van der Waals surface area contributed by atoms with Gasteiger partial charge in [0.2, 0.25) is 0 Å². The van der Waals surface area contributed by atoms with Gasteiger partial charge in [0, 0.05) is 5.56 Å². The maximum atomic E-state index is 12.4. The first-order valence-electron chi connectivity index (χ1n) is 8.25. The van der Waals surface area contributed by atoms with Crippen LogP contribution in [0.15, 0.2) is 30.3 Å². The predicted octanol–water partition coefficient (Wildman–Crippen LogP) is 2.36. The molecule has 8 nitrogen and oxygen atoms in total. The van der Waals surface area contributed by atoms with E-state index in [9.17, 15) is 19.6 Å². The quantitative estimate of drug-likeness (QED) is 0.455. The summed E-state index contributed by atoms with van der Waals surface area (Å²) in [4.78, 5) is 36.7. The smallest absolute Gasteiger partial charge is 0.434 e. The molecule has 26 heavy (non-hydrogen) atoms. The topological polar surface area (TPSA) is 105 Å². The fraction of sp³-hybridized carbons (Fsp3) is 0.500. The predicted molar refractivity (Wildman–Crippen MR) is 93.7 cm³/mol. The van der Waals surface area contributed by atoms with Crippen molar-refractivity contribution >= 4 is 18.0 Å². The van der Waals surface area contributed by atoms with Crippen molar-refractivity contribution in [3.8, 4) is 0 Å². The normalized spacial score (nSPS) is 13.3. The first-order chi connectivity index (χ1) is 12.1. The van der Waals surface area contributed by atoms with Crippen LogP contribution in [0.2, 0.25) is 0 Å². The monoisotopic (exact) mass is 366 g/mol. The lowest BCUT2D eigenvalue weighted by molar-refractivity contribution is -0.156. The molecule has 0 radical (unpaired) electrons. The maximum Gasteiger partial charge on any atom is 0.434 e. The average molecular weight is 366 g/mol. The third-order valence-electron chi connectivity index (χ3n) is 3.48. The number of methoxy groups -OCH3 is 1. The molecule has 0 aliphatic carbocycles. The zero-order chi connectivity index (χ0) is 19.9. The van der Waals surface area contributed by atoms with Crippen molar-refractivity contribution in [2.24, 2.45) is 0 Å². The van der Waals surface area contributed by atoms with E-state index in [1.807, 2.05) is 0 Å². The molecule has 0 saturated heterocycles. The van der Waals surface area contributed by atoms with E-state index < -0.39 is 35.7 Å². The molecule has 2 amide bonds. The first-order valence-corrected chi connectivity index (χ1v) is 8.25. The molecule has 0 aliphatic rings. The third-order valence-corrected chi connectivity index (χ3v) is 3.48. The van der Waals surface area contributed by atoms with Crippen LogP contribution < -0.4 is 5.32 Å². The van der Waals surface area contributed by atoms with Crippen LogP contribution in [-0.4, -0.2) is 53.0 Å². The fourth-order valence-electron chi connectivity index (χ4n) is 2.25. The van der Waals surface area contributed by atoms with Gasteiger partial charge in [-0.05, 0) is 39.3 Å². The van der Waals surface area contributed by atoms with E-state index in [-0.39, 0.29) is 6.42 Å². The van der Waals surface area contributed by atoms with Gasteiger partial charge in [-0.15, -0.1) is 0 Å². The summed E-state index contributed by atoms with van der Waals surface area (Å²) >= 11 is 0. The van der Waals surface area contributed by atoms with Crippen molar-refractivity contribution in [1.29, 1.82) is 0 Å². The van der Waals surface area contributed by atoms with Gasteiger partial charge in [-0.3, -0.25) is 10.0 Å². The number of nitrogens with one attached hydrogen (secondary N) is 1. The molecule has 0 bridgehead atoms. The molecule has 0 aliphatic heterocycles. The molecule has 0 heterocycles. The Balaban J connectivity index is 3.02. The molecule has 1 aromatic rings. The zero-order valence-electron chi connectivity index (χ0n) is 15.7. The second kappa shape index (κ2) is 9.19. The van der Waals surface area contributed by atoms with Crippen LogP contribution in [0.5, 0.6) is 0 Å². The number of rotatable bonds is 6. The van der Waals surface area contributed by atoms with Crippen LogP contribution in [0.4, 0.5) is 4.79 Å². The lowest BCUT2D eigenvalue weighted by atomic mass is 10.0. The molecule has 0 unspecified atom stereocenters. The molecule has 2 atom stereocenters. The molecule has 8 heteroatoms. The number of esters is 1. The summed E-state index contributed by atoms with van der Waals surface area (Å²) in [6, 6.07) is 5.93. The van der Waals surface area contributed by atoms with Gasteiger partial charge in [0.25, 0.3) is 5.91 Å². The number of amides is 2. The number of carbonyl (C=O) groups is 3. The summed E-state index contributed by atoms with van der Waals surface area (Å²) in [5, 5.41) is 13.1. The maximum absolute atomic E-state index is 12.4. The molecular formula is C18H26N2O6. The van der Waals surface area contributed by atoms with E-state index >= 15 is 0 Å². The van der Waals surface area contributed by atoms with E-state index in [2.05, 4.69) is 5.32 Å². The molecule has 0 aromatic heterocycles. The Morgan fingerprint density at radius 2 is 1.77 bits per heavy atom. The Morgan fingerprint density at radius 1 is 1.19 bits per heavy atom. The number of hydrogen-bond donors (Lipinski definition) is 2. The Hall–Kier alpha value is -2.61. The number of hydrogen-bond acceptors (Lipinski definition) is 6. The highest BCUT2D eigenvalue weighted by atomic mass is 16.6. The highest BCUT2D eigenvalue weighted by molar-refractivity contribution is 5.97. The lowest BCUT2D eigenvalue weighted by Gasteiger charge is -2.32. The van der Waals surface area contributed by atoms with Gasteiger partial charge in [-0.2, -0.15) is 5.06 Å². The van der Waals surface area contributed by atoms with Gasteiger partial charge in [0.15, 0.2) is 6.04 Å². The van der Waals surface area contributed by atoms with Gasteiger partial charge in [0.05, 0.1) is 13.2 Å². The van der Waals surface area contributed by atoms with Gasteiger partial charge in [-0.25, -0.2) is 9.59 Å². The largest absolute Gasteiger partial charge is 0.467 e. The Labute approximate surface area is 153 Å². The van der Waals surface area contributed by atoms with Crippen molar-refractivity contribution in [3.05, 3.63) is 35.9 Å². The van der Waals surface area contributed by atoms with Crippen LogP contribution >= 0.6 is 0 Å². The summed E-state index contributed by atoms with van der Waals surface area (Å²) in [7, 11) is 1.16. The number of benzene rings is 1.